The van der Waals surface area contributed by atoms with Crippen molar-refractivity contribution < 1.29 is 9.18 Å². The van der Waals surface area contributed by atoms with Crippen LogP contribution in [0.25, 0.3) is 0 Å². The minimum atomic E-state index is -0.708. The Hall–Kier alpha value is -1.18. The van der Waals surface area contributed by atoms with Crippen molar-refractivity contribution in [1.82, 2.24) is 0 Å². The number of rotatable bonds is 3. The molecular formula is C11H17FO. The van der Waals surface area contributed by atoms with E-state index in [0.717, 1.165) is 0 Å². The second kappa shape index (κ2) is 7.47. The number of carbonyl (C=O) groups is 1. The fraction of sp³-hybridized carbons (Fsp3) is 0.364. The third-order valence-electron chi connectivity index (χ3n) is 1.06. The van der Waals surface area contributed by atoms with Crippen molar-refractivity contribution in [2.75, 3.05) is 0 Å². The molecule has 74 valence electrons. The van der Waals surface area contributed by atoms with Crippen LogP contribution in [0.2, 0.25) is 0 Å². The average molecular weight is 184 g/mol. The molecule has 0 aromatic carbocycles. The number of Topliss-reactive ketones (excluding diaryl/α,β-unsaturated/α-hetero) is 1. The molecule has 0 N–H and O–H groups in total. The molecule has 0 spiro atoms. The molecule has 0 aliphatic rings. The zero-order chi connectivity index (χ0) is 11.0. The minimum Gasteiger partial charge on any atom is -0.294 e. The van der Waals surface area contributed by atoms with Crippen LogP contribution >= 0.6 is 0 Å². The van der Waals surface area contributed by atoms with Crippen molar-refractivity contribution in [3.05, 3.63) is 36.2 Å². The second-order valence-corrected chi connectivity index (χ2v) is 2.37. The molecule has 0 atom stereocenters. The summed E-state index contributed by atoms with van der Waals surface area (Å²) in [6.45, 7) is 13.5. The molecule has 0 unspecified atom stereocenters. The van der Waals surface area contributed by atoms with Crippen molar-refractivity contribution in [2.24, 2.45) is 0 Å². The van der Waals surface area contributed by atoms with Crippen LogP contribution in [-0.4, -0.2) is 5.78 Å². The van der Waals surface area contributed by atoms with Gasteiger partial charge in [0.2, 0.25) is 0 Å². The molecule has 13 heavy (non-hydrogen) atoms. The van der Waals surface area contributed by atoms with Crippen LogP contribution in [-0.2, 0) is 4.79 Å². The van der Waals surface area contributed by atoms with E-state index >= 15 is 0 Å². The van der Waals surface area contributed by atoms with Crippen LogP contribution in [0.1, 0.15) is 27.7 Å². The van der Waals surface area contributed by atoms with E-state index < -0.39 is 5.83 Å². The SMILES string of the molecule is C=C(C)/C=C(\C(=C)F)C(C)=O.CC. The summed E-state index contributed by atoms with van der Waals surface area (Å²) in [6, 6.07) is 0. The van der Waals surface area contributed by atoms with Crippen molar-refractivity contribution in [3.63, 3.8) is 0 Å². The summed E-state index contributed by atoms with van der Waals surface area (Å²) in [7, 11) is 0. The van der Waals surface area contributed by atoms with Crippen LogP contribution < -0.4 is 0 Å². The highest BCUT2D eigenvalue weighted by Crippen LogP contribution is 2.12. The molecule has 0 amide bonds. The summed E-state index contributed by atoms with van der Waals surface area (Å²) in [5, 5.41) is 0. The van der Waals surface area contributed by atoms with E-state index in [9.17, 15) is 9.18 Å². The Morgan fingerprint density at radius 3 is 1.69 bits per heavy atom. The Morgan fingerprint density at radius 1 is 1.23 bits per heavy atom. The number of carbonyl (C=O) groups excluding carboxylic acids is 1. The van der Waals surface area contributed by atoms with Crippen molar-refractivity contribution >= 4 is 5.78 Å². The lowest BCUT2D eigenvalue weighted by molar-refractivity contribution is -0.113. The van der Waals surface area contributed by atoms with E-state index in [1.54, 1.807) is 6.92 Å². The van der Waals surface area contributed by atoms with Crippen LogP contribution in [0.4, 0.5) is 4.39 Å². The zero-order valence-corrected chi connectivity index (χ0v) is 8.78. The van der Waals surface area contributed by atoms with Gasteiger partial charge in [-0.15, -0.1) is 0 Å². The first-order chi connectivity index (χ1) is 5.95. The molecule has 0 heterocycles. The molecular weight excluding hydrogens is 167 g/mol. The Kier molecular flexibility index (Phi) is 8.24. The number of hydrogen-bond acceptors (Lipinski definition) is 1. The molecule has 0 rings (SSSR count). The normalized spacial score (nSPS) is 9.77. The van der Waals surface area contributed by atoms with Crippen LogP contribution in [0.15, 0.2) is 36.2 Å². The number of ketones is 1. The molecule has 0 aromatic heterocycles. The highest BCUT2D eigenvalue weighted by Gasteiger charge is 2.06. The van der Waals surface area contributed by atoms with Gasteiger partial charge < -0.3 is 0 Å². The van der Waals surface area contributed by atoms with Crippen molar-refractivity contribution in [2.45, 2.75) is 27.7 Å². The molecule has 0 aliphatic carbocycles. The molecule has 0 saturated heterocycles. The van der Waals surface area contributed by atoms with Gasteiger partial charge in [-0.2, -0.15) is 0 Å². The third kappa shape index (κ3) is 7.19. The van der Waals surface area contributed by atoms with Gasteiger partial charge in [0.15, 0.2) is 5.78 Å². The summed E-state index contributed by atoms with van der Waals surface area (Å²) in [5.41, 5.74) is 0.631. The largest absolute Gasteiger partial charge is 0.294 e. The Bertz CT molecular complexity index is 220. The highest BCUT2D eigenvalue weighted by molar-refractivity contribution is 5.97. The smallest absolute Gasteiger partial charge is 0.162 e. The second-order valence-electron chi connectivity index (χ2n) is 2.37. The van der Waals surface area contributed by atoms with E-state index in [1.807, 2.05) is 13.8 Å². The Balaban J connectivity index is 0. The fourth-order valence-electron chi connectivity index (χ4n) is 0.617. The maximum Gasteiger partial charge on any atom is 0.162 e. The topological polar surface area (TPSA) is 17.1 Å². The summed E-state index contributed by atoms with van der Waals surface area (Å²) < 4.78 is 12.5. The highest BCUT2D eigenvalue weighted by atomic mass is 19.1. The average Bonchev–Trinajstić information content (AvgIpc) is 2.03. The van der Waals surface area contributed by atoms with Crippen LogP contribution in [0.5, 0.6) is 0 Å². The lowest BCUT2D eigenvalue weighted by Gasteiger charge is -1.97. The van der Waals surface area contributed by atoms with Gasteiger partial charge in [0, 0.05) is 0 Å². The first kappa shape index (κ1) is 14.3. The third-order valence-corrected chi connectivity index (χ3v) is 1.06. The Labute approximate surface area is 79.7 Å². The standard InChI is InChI=1S/C9H11FO.C2H6/c1-6(2)5-9(7(3)10)8(4)11;1-2/h5H,1,3H2,2,4H3;1-2H3/b9-5+;. The maximum absolute atomic E-state index is 12.5. The summed E-state index contributed by atoms with van der Waals surface area (Å²) in [6.07, 6.45) is 1.38. The summed E-state index contributed by atoms with van der Waals surface area (Å²) in [4.78, 5) is 10.7. The van der Waals surface area contributed by atoms with E-state index in [-0.39, 0.29) is 11.4 Å². The summed E-state index contributed by atoms with van der Waals surface area (Å²) >= 11 is 0. The first-order valence-electron chi connectivity index (χ1n) is 4.18. The van der Waals surface area contributed by atoms with Crippen LogP contribution in [0.3, 0.4) is 0 Å². The van der Waals surface area contributed by atoms with E-state index in [4.69, 9.17) is 0 Å². The maximum atomic E-state index is 12.5. The predicted octanol–water partition coefficient (Wildman–Crippen LogP) is 3.59. The van der Waals surface area contributed by atoms with Crippen LogP contribution in [0, 0.1) is 0 Å². The fourth-order valence-corrected chi connectivity index (χ4v) is 0.617. The number of hydrogen-bond donors (Lipinski definition) is 0. The van der Waals surface area contributed by atoms with Gasteiger partial charge in [-0.1, -0.05) is 32.6 Å². The lowest BCUT2D eigenvalue weighted by Crippen LogP contribution is -1.96. The molecule has 0 fully saturated rings. The van der Waals surface area contributed by atoms with E-state index in [0.29, 0.717) is 5.57 Å². The quantitative estimate of drug-likeness (QED) is 0.484. The molecule has 1 nitrogen and oxygen atoms in total. The van der Waals surface area contributed by atoms with Gasteiger partial charge in [0.1, 0.15) is 5.83 Å². The zero-order valence-electron chi connectivity index (χ0n) is 8.78. The molecule has 0 aromatic rings. The first-order valence-corrected chi connectivity index (χ1v) is 4.18. The molecule has 0 saturated carbocycles. The van der Waals surface area contributed by atoms with Gasteiger partial charge in [0.05, 0.1) is 5.57 Å². The molecule has 0 bridgehead atoms. The van der Waals surface area contributed by atoms with Gasteiger partial charge in [-0.25, -0.2) is 4.39 Å². The van der Waals surface area contributed by atoms with Crippen molar-refractivity contribution in [3.8, 4) is 0 Å². The van der Waals surface area contributed by atoms with Gasteiger partial charge >= 0.3 is 0 Å². The predicted molar refractivity (Wildman–Crippen MR) is 55.2 cm³/mol. The monoisotopic (exact) mass is 184 g/mol. The lowest BCUT2D eigenvalue weighted by atomic mass is 10.1. The van der Waals surface area contributed by atoms with Gasteiger partial charge in [-0.05, 0) is 19.9 Å². The number of halogens is 1. The van der Waals surface area contributed by atoms with Crippen molar-refractivity contribution in [1.29, 1.82) is 0 Å². The molecule has 0 radical (unpaired) electrons. The van der Waals surface area contributed by atoms with Gasteiger partial charge in [0.25, 0.3) is 0 Å². The molecule has 2 heteroatoms. The molecule has 0 aliphatic heterocycles. The van der Waals surface area contributed by atoms with E-state index in [1.165, 1.54) is 13.0 Å². The Morgan fingerprint density at radius 2 is 1.62 bits per heavy atom. The summed E-state index contributed by atoms with van der Waals surface area (Å²) in [5.74, 6) is -1.04. The van der Waals surface area contributed by atoms with E-state index in [2.05, 4.69) is 13.2 Å². The minimum absolute atomic E-state index is 0.00231. The number of allylic oxidation sites excluding steroid dienone is 4. The van der Waals surface area contributed by atoms with Gasteiger partial charge in [-0.3, -0.25) is 4.79 Å².